The van der Waals surface area contributed by atoms with Crippen LogP contribution in [-0.4, -0.2) is 16.6 Å². The lowest BCUT2D eigenvalue weighted by Crippen LogP contribution is -2.35. The Morgan fingerprint density at radius 1 is 1.29 bits per heavy atom. The van der Waals surface area contributed by atoms with E-state index in [4.69, 9.17) is 9.15 Å². The normalized spacial score (nSPS) is 11.9. The molecule has 0 radical (unpaired) electrons. The van der Waals surface area contributed by atoms with E-state index in [-0.39, 0.29) is 11.6 Å². The zero-order chi connectivity index (χ0) is 15.5. The minimum absolute atomic E-state index is 0.0597. The monoisotopic (exact) mass is 288 g/mol. The number of hydrogen-bond acceptors (Lipinski definition) is 4. The van der Waals surface area contributed by atoms with E-state index in [9.17, 15) is 0 Å². The molecule has 4 nitrogen and oxygen atoms in total. The van der Waals surface area contributed by atoms with Crippen molar-refractivity contribution < 1.29 is 9.15 Å². The van der Waals surface area contributed by atoms with Crippen LogP contribution in [0.2, 0.25) is 0 Å². The lowest BCUT2D eigenvalue weighted by molar-refractivity contribution is 0.242. The Bertz CT molecular complexity index is 582. The maximum absolute atomic E-state index is 5.69. The van der Waals surface area contributed by atoms with E-state index in [1.807, 2.05) is 38.1 Å². The summed E-state index contributed by atoms with van der Waals surface area (Å²) < 4.78 is 11.3. The summed E-state index contributed by atoms with van der Waals surface area (Å²) in [6.07, 6.45) is 1.85. The zero-order valence-corrected chi connectivity index (χ0v) is 13.4. The van der Waals surface area contributed by atoms with Crippen LogP contribution >= 0.6 is 0 Å². The fourth-order valence-electron chi connectivity index (χ4n) is 1.85. The predicted octanol–water partition coefficient (Wildman–Crippen LogP) is 4.02. The Labute approximate surface area is 126 Å². The van der Waals surface area contributed by atoms with Gasteiger partial charge in [0.2, 0.25) is 5.89 Å². The molecule has 0 aliphatic rings. The van der Waals surface area contributed by atoms with Crippen molar-refractivity contribution in [3.63, 3.8) is 0 Å². The first kappa shape index (κ1) is 15.6. The highest BCUT2D eigenvalue weighted by molar-refractivity contribution is 5.56. The summed E-state index contributed by atoms with van der Waals surface area (Å²) in [6.45, 7) is 11.1. The van der Waals surface area contributed by atoms with Gasteiger partial charge in [-0.15, -0.1) is 0 Å². The largest absolute Gasteiger partial charge is 0.491 e. The van der Waals surface area contributed by atoms with Gasteiger partial charge in [-0.1, -0.05) is 6.07 Å². The molecule has 0 fully saturated rings. The molecule has 2 rings (SSSR count). The molecule has 4 heteroatoms. The molecule has 21 heavy (non-hydrogen) atoms. The van der Waals surface area contributed by atoms with Crippen LogP contribution in [0.4, 0.5) is 0 Å². The van der Waals surface area contributed by atoms with Crippen molar-refractivity contribution in [2.24, 2.45) is 0 Å². The molecule has 2 aromatic rings. The molecule has 0 aliphatic carbocycles. The van der Waals surface area contributed by atoms with Gasteiger partial charge in [0.05, 0.1) is 11.8 Å². The first-order valence-electron chi connectivity index (χ1n) is 7.30. The number of rotatable bonds is 5. The van der Waals surface area contributed by atoms with E-state index in [1.165, 1.54) is 0 Å². The molecule has 0 amide bonds. The molecule has 1 heterocycles. The van der Waals surface area contributed by atoms with Gasteiger partial charge < -0.3 is 14.5 Å². The number of nitrogens with one attached hydrogen (secondary N) is 1. The summed E-state index contributed by atoms with van der Waals surface area (Å²) in [6, 6.07) is 7.81. The molecule has 0 spiro atoms. The first-order chi connectivity index (χ1) is 9.83. The van der Waals surface area contributed by atoms with E-state index < -0.39 is 0 Å². The molecule has 0 aliphatic heterocycles. The van der Waals surface area contributed by atoms with Crippen molar-refractivity contribution in [3.8, 4) is 17.2 Å². The lowest BCUT2D eigenvalue weighted by Gasteiger charge is -2.19. The molecule has 1 aromatic carbocycles. The Morgan fingerprint density at radius 2 is 2.05 bits per heavy atom. The third-order valence-corrected chi connectivity index (χ3v) is 2.80. The maximum Gasteiger partial charge on any atom is 0.226 e. The van der Waals surface area contributed by atoms with Gasteiger partial charge in [0.15, 0.2) is 0 Å². The Balaban J connectivity index is 2.10. The van der Waals surface area contributed by atoms with Gasteiger partial charge in [0.1, 0.15) is 12.0 Å². The van der Waals surface area contributed by atoms with E-state index in [2.05, 4.69) is 31.1 Å². The van der Waals surface area contributed by atoms with Crippen LogP contribution in [0.5, 0.6) is 5.75 Å². The van der Waals surface area contributed by atoms with Crippen molar-refractivity contribution >= 4 is 0 Å². The summed E-state index contributed by atoms with van der Waals surface area (Å²) in [4.78, 5) is 4.52. The second-order valence-corrected chi connectivity index (χ2v) is 6.44. The topological polar surface area (TPSA) is 47.3 Å². The SMILES string of the molecule is CC(C)Oc1cccc(-c2nc(CNC(C)(C)C)co2)c1. The molecular formula is C17H24N2O2. The molecular weight excluding hydrogens is 264 g/mol. The van der Waals surface area contributed by atoms with Crippen molar-refractivity contribution in [1.29, 1.82) is 0 Å². The van der Waals surface area contributed by atoms with Gasteiger partial charge >= 0.3 is 0 Å². The minimum atomic E-state index is 0.0597. The minimum Gasteiger partial charge on any atom is -0.491 e. The van der Waals surface area contributed by atoms with Crippen molar-refractivity contribution in [2.45, 2.75) is 52.8 Å². The third-order valence-electron chi connectivity index (χ3n) is 2.80. The third kappa shape index (κ3) is 4.90. The van der Waals surface area contributed by atoms with Gasteiger partial charge in [-0.25, -0.2) is 4.98 Å². The number of oxazole rings is 1. The summed E-state index contributed by atoms with van der Waals surface area (Å²) in [7, 11) is 0. The zero-order valence-electron chi connectivity index (χ0n) is 13.4. The second-order valence-electron chi connectivity index (χ2n) is 6.44. The molecule has 0 unspecified atom stereocenters. The average Bonchev–Trinajstić information content (AvgIpc) is 2.84. The van der Waals surface area contributed by atoms with E-state index in [1.54, 1.807) is 6.26 Å². The van der Waals surface area contributed by atoms with Crippen LogP contribution in [-0.2, 0) is 6.54 Å². The fraction of sp³-hybridized carbons (Fsp3) is 0.471. The number of nitrogens with zero attached hydrogens (tertiary/aromatic N) is 1. The van der Waals surface area contributed by atoms with Crippen LogP contribution in [0, 0.1) is 0 Å². The Kier molecular flexibility index (Phi) is 4.68. The summed E-state index contributed by atoms with van der Waals surface area (Å²) >= 11 is 0. The average molecular weight is 288 g/mol. The quantitative estimate of drug-likeness (QED) is 0.902. The Morgan fingerprint density at radius 3 is 2.71 bits per heavy atom. The van der Waals surface area contributed by atoms with Crippen LogP contribution in [0.3, 0.4) is 0 Å². The summed E-state index contributed by atoms with van der Waals surface area (Å²) in [5.41, 5.74) is 1.88. The second kappa shape index (κ2) is 6.31. The highest BCUT2D eigenvalue weighted by Crippen LogP contribution is 2.24. The fourth-order valence-corrected chi connectivity index (χ4v) is 1.85. The molecule has 0 atom stereocenters. The van der Waals surface area contributed by atoms with Crippen LogP contribution in [0.25, 0.3) is 11.5 Å². The van der Waals surface area contributed by atoms with Gasteiger partial charge in [-0.3, -0.25) is 0 Å². The van der Waals surface area contributed by atoms with E-state index in [0.717, 1.165) is 17.0 Å². The van der Waals surface area contributed by atoms with Gasteiger partial charge in [0, 0.05) is 17.6 Å². The number of benzene rings is 1. The highest BCUT2D eigenvalue weighted by Gasteiger charge is 2.12. The van der Waals surface area contributed by atoms with Gasteiger partial charge in [-0.2, -0.15) is 0 Å². The first-order valence-corrected chi connectivity index (χ1v) is 7.30. The standard InChI is InChI=1S/C17H24N2O2/c1-12(2)21-15-8-6-7-13(9-15)16-19-14(11-20-16)10-18-17(3,4)5/h6-9,11-12,18H,10H2,1-5H3. The maximum atomic E-state index is 5.69. The Hall–Kier alpha value is -1.81. The van der Waals surface area contributed by atoms with Crippen molar-refractivity contribution in [3.05, 3.63) is 36.2 Å². The molecule has 0 bridgehead atoms. The molecule has 0 saturated carbocycles. The van der Waals surface area contributed by atoms with E-state index in [0.29, 0.717) is 12.4 Å². The van der Waals surface area contributed by atoms with Crippen LogP contribution < -0.4 is 10.1 Å². The predicted molar refractivity (Wildman–Crippen MR) is 84.3 cm³/mol. The van der Waals surface area contributed by atoms with Crippen LogP contribution in [0.1, 0.15) is 40.3 Å². The van der Waals surface area contributed by atoms with Crippen molar-refractivity contribution in [2.75, 3.05) is 0 Å². The molecule has 1 aromatic heterocycles. The van der Waals surface area contributed by atoms with E-state index >= 15 is 0 Å². The smallest absolute Gasteiger partial charge is 0.226 e. The van der Waals surface area contributed by atoms with Gasteiger partial charge in [-0.05, 0) is 52.8 Å². The molecule has 1 N–H and O–H groups in total. The molecule has 0 saturated heterocycles. The molecule has 114 valence electrons. The van der Waals surface area contributed by atoms with Gasteiger partial charge in [0.25, 0.3) is 0 Å². The summed E-state index contributed by atoms with van der Waals surface area (Å²) in [5.74, 6) is 1.45. The van der Waals surface area contributed by atoms with Crippen LogP contribution in [0.15, 0.2) is 34.9 Å². The lowest BCUT2D eigenvalue weighted by atomic mass is 10.1. The number of ether oxygens (including phenoxy) is 1. The number of aromatic nitrogens is 1. The summed E-state index contributed by atoms with van der Waals surface area (Å²) in [5, 5.41) is 3.39. The van der Waals surface area contributed by atoms with Crippen molar-refractivity contribution in [1.82, 2.24) is 10.3 Å². The highest BCUT2D eigenvalue weighted by atomic mass is 16.5. The number of hydrogen-bond donors (Lipinski definition) is 1.